The van der Waals surface area contributed by atoms with Crippen LogP contribution in [-0.2, 0) is 19.1 Å². The molecule has 0 unspecified atom stereocenters. The number of methoxy groups -OCH3 is 1. The van der Waals surface area contributed by atoms with Gasteiger partial charge in [0.2, 0.25) is 5.90 Å². The number of hydrogen-bond donors (Lipinski definition) is 0. The minimum Gasteiger partial charge on any atom is -0.480 e. The number of ether oxygens (including phenoxy) is 3. The molecular formula is C19H12Br2INO5. The number of aliphatic imine (C=N–C) groups is 1. The average Bonchev–Trinajstić information content (AvgIpc) is 3.01. The van der Waals surface area contributed by atoms with Crippen molar-refractivity contribution in [1.82, 2.24) is 0 Å². The van der Waals surface area contributed by atoms with E-state index in [9.17, 15) is 9.59 Å². The first-order chi connectivity index (χ1) is 13.4. The fraction of sp³-hybridized carbons (Fsp3) is 0.105. The second-order valence-corrected chi connectivity index (χ2v) is 8.48. The molecule has 2 aromatic rings. The van der Waals surface area contributed by atoms with E-state index in [-0.39, 0.29) is 18.2 Å². The van der Waals surface area contributed by atoms with Gasteiger partial charge in [-0.15, -0.1) is 0 Å². The zero-order valence-electron chi connectivity index (χ0n) is 14.4. The van der Waals surface area contributed by atoms with Gasteiger partial charge in [0.1, 0.15) is 5.75 Å². The number of cyclic esters (lactones) is 1. The Morgan fingerprint density at radius 3 is 2.46 bits per heavy atom. The predicted molar refractivity (Wildman–Crippen MR) is 119 cm³/mol. The second-order valence-electron chi connectivity index (χ2n) is 5.52. The molecule has 9 heteroatoms. The van der Waals surface area contributed by atoms with E-state index in [2.05, 4.69) is 64.2 Å². The lowest BCUT2D eigenvalue weighted by molar-refractivity contribution is -0.143. The van der Waals surface area contributed by atoms with Crippen LogP contribution in [0.1, 0.15) is 11.1 Å². The van der Waals surface area contributed by atoms with Crippen LogP contribution in [0.3, 0.4) is 0 Å². The summed E-state index contributed by atoms with van der Waals surface area (Å²) in [6.07, 6.45) is 1.61. The van der Waals surface area contributed by atoms with Crippen LogP contribution in [0.4, 0.5) is 0 Å². The number of hydrogen-bond acceptors (Lipinski definition) is 6. The molecule has 1 heterocycles. The van der Waals surface area contributed by atoms with E-state index in [1.807, 2.05) is 24.3 Å². The van der Waals surface area contributed by atoms with Crippen molar-refractivity contribution in [3.05, 3.63) is 65.7 Å². The van der Waals surface area contributed by atoms with E-state index < -0.39 is 11.9 Å². The van der Waals surface area contributed by atoms with Crippen LogP contribution in [-0.4, -0.2) is 31.6 Å². The Kier molecular flexibility index (Phi) is 6.89. The van der Waals surface area contributed by atoms with Gasteiger partial charge in [-0.3, -0.25) is 0 Å². The van der Waals surface area contributed by atoms with Gasteiger partial charge in [-0.1, -0.05) is 0 Å². The van der Waals surface area contributed by atoms with Crippen LogP contribution in [0.5, 0.6) is 5.75 Å². The molecule has 0 amide bonds. The Bertz CT molecular complexity index is 979. The maximum absolute atomic E-state index is 12.2. The summed E-state index contributed by atoms with van der Waals surface area (Å²) >= 11 is 9.00. The summed E-state index contributed by atoms with van der Waals surface area (Å²) < 4.78 is 17.6. The largest absolute Gasteiger partial charge is 0.480 e. The average molecular weight is 621 g/mol. The van der Waals surface area contributed by atoms with Crippen LogP contribution in [0, 0.1) is 3.57 Å². The molecule has 1 aliphatic heterocycles. The van der Waals surface area contributed by atoms with Crippen LogP contribution in [0.25, 0.3) is 6.08 Å². The predicted octanol–water partition coefficient (Wildman–Crippen LogP) is 4.71. The Morgan fingerprint density at radius 1 is 1.21 bits per heavy atom. The van der Waals surface area contributed by atoms with Gasteiger partial charge in [-0.25, -0.2) is 14.6 Å². The van der Waals surface area contributed by atoms with Gasteiger partial charge >= 0.3 is 11.9 Å². The number of benzene rings is 2. The lowest BCUT2D eigenvalue weighted by Gasteiger charge is -2.10. The van der Waals surface area contributed by atoms with Crippen molar-refractivity contribution in [2.75, 3.05) is 13.7 Å². The molecule has 3 rings (SSSR count). The normalized spacial score (nSPS) is 14.6. The third-order valence-electron chi connectivity index (χ3n) is 3.60. The van der Waals surface area contributed by atoms with Gasteiger partial charge in [0.05, 0.1) is 16.1 Å². The molecule has 0 saturated heterocycles. The Morgan fingerprint density at radius 2 is 1.86 bits per heavy atom. The van der Waals surface area contributed by atoms with E-state index in [4.69, 9.17) is 9.47 Å². The smallest absolute Gasteiger partial charge is 0.363 e. The number of carbonyl (C=O) groups excluding carboxylic acids is 2. The van der Waals surface area contributed by atoms with Crippen molar-refractivity contribution in [2.24, 2.45) is 4.99 Å². The molecule has 0 atom stereocenters. The van der Waals surface area contributed by atoms with Gasteiger partial charge < -0.3 is 14.2 Å². The molecular weight excluding hydrogens is 609 g/mol. The highest BCUT2D eigenvalue weighted by Gasteiger charge is 2.24. The summed E-state index contributed by atoms with van der Waals surface area (Å²) in [5.41, 5.74) is 1.62. The van der Waals surface area contributed by atoms with Crippen molar-refractivity contribution < 1.29 is 23.8 Å². The second kappa shape index (κ2) is 9.19. The zero-order chi connectivity index (χ0) is 20.3. The van der Waals surface area contributed by atoms with Crippen molar-refractivity contribution in [3.63, 3.8) is 0 Å². The number of nitrogens with zero attached hydrogens (tertiary/aromatic N) is 1. The number of carbonyl (C=O) groups is 2. The van der Waals surface area contributed by atoms with Gasteiger partial charge in [-0.2, -0.15) is 0 Å². The Balaban J connectivity index is 1.85. The standard InChI is InChI=1S/C19H12Br2INO5/c1-26-16(24)9-27-17-13(20)6-10(7-14(17)21)8-15-19(25)28-18(23-15)11-2-4-12(22)5-3-11/h2-8H,9H2,1H3/b15-8-. The molecule has 0 spiro atoms. The molecule has 28 heavy (non-hydrogen) atoms. The van der Waals surface area contributed by atoms with Gasteiger partial charge in [0.15, 0.2) is 12.3 Å². The first-order valence-corrected chi connectivity index (χ1v) is 10.5. The number of esters is 2. The SMILES string of the molecule is COC(=O)COc1c(Br)cc(/C=C2\N=C(c3ccc(I)cc3)OC2=O)cc1Br. The van der Waals surface area contributed by atoms with Crippen LogP contribution < -0.4 is 4.74 Å². The minimum absolute atomic E-state index is 0.190. The molecule has 0 aromatic heterocycles. The fourth-order valence-electron chi connectivity index (χ4n) is 2.27. The van der Waals surface area contributed by atoms with Crippen LogP contribution >= 0.6 is 54.5 Å². The first-order valence-electron chi connectivity index (χ1n) is 7.84. The van der Waals surface area contributed by atoms with E-state index >= 15 is 0 Å². The summed E-state index contributed by atoms with van der Waals surface area (Å²) in [7, 11) is 1.29. The molecule has 2 aromatic carbocycles. The molecule has 0 aliphatic carbocycles. The Hall–Kier alpha value is -1.72. The molecule has 0 bridgehead atoms. The van der Waals surface area contributed by atoms with Crippen molar-refractivity contribution in [1.29, 1.82) is 0 Å². The monoisotopic (exact) mass is 619 g/mol. The summed E-state index contributed by atoms with van der Waals surface area (Å²) in [6, 6.07) is 11.0. The molecule has 1 aliphatic rings. The third kappa shape index (κ3) is 5.00. The number of halogens is 3. The van der Waals surface area contributed by atoms with E-state index in [1.165, 1.54) is 7.11 Å². The number of rotatable bonds is 5. The fourth-order valence-corrected chi connectivity index (χ4v) is 4.08. The molecule has 0 radical (unpaired) electrons. The molecule has 144 valence electrons. The highest BCUT2D eigenvalue weighted by Crippen LogP contribution is 2.35. The lowest BCUT2D eigenvalue weighted by atomic mass is 10.2. The van der Waals surface area contributed by atoms with Crippen LogP contribution in [0.2, 0.25) is 0 Å². The Labute approximate surface area is 191 Å². The van der Waals surface area contributed by atoms with Crippen molar-refractivity contribution in [3.8, 4) is 5.75 Å². The van der Waals surface area contributed by atoms with Gasteiger partial charge in [0.25, 0.3) is 0 Å². The van der Waals surface area contributed by atoms with Gasteiger partial charge in [-0.05, 0) is 102 Å². The topological polar surface area (TPSA) is 74.2 Å². The molecule has 0 saturated carbocycles. The minimum atomic E-state index is -0.521. The van der Waals surface area contributed by atoms with Crippen molar-refractivity contribution >= 4 is 78.4 Å². The van der Waals surface area contributed by atoms with E-state index in [0.29, 0.717) is 20.3 Å². The molecule has 0 fully saturated rings. The highest BCUT2D eigenvalue weighted by atomic mass is 127. The first kappa shape index (κ1) is 21.0. The summed E-state index contributed by atoms with van der Waals surface area (Å²) in [5.74, 6) is -0.295. The molecule has 6 nitrogen and oxygen atoms in total. The quantitative estimate of drug-likeness (QED) is 0.275. The highest BCUT2D eigenvalue weighted by molar-refractivity contribution is 14.1. The zero-order valence-corrected chi connectivity index (χ0v) is 19.7. The van der Waals surface area contributed by atoms with Crippen molar-refractivity contribution in [2.45, 2.75) is 0 Å². The summed E-state index contributed by atoms with van der Waals surface area (Å²) in [6.45, 7) is -0.218. The third-order valence-corrected chi connectivity index (χ3v) is 5.49. The maximum Gasteiger partial charge on any atom is 0.363 e. The van der Waals surface area contributed by atoms with E-state index in [0.717, 1.165) is 9.13 Å². The van der Waals surface area contributed by atoms with E-state index in [1.54, 1.807) is 18.2 Å². The summed E-state index contributed by atoms with van der Waals surface area (Å²) in [5, 5.41) is 0. The van der Waals surface area contributed by atoms with Gasteiger partial charge in [0, 0.05) is 9.13 Å². The maximum atomic E-state index is 12.2. The summed E-state index contributed by atoms with van der Waals surface area (Å²) in [4.78, 5) is 27.7. The van der Waals surface area contributed by atoms with Crippen LogP contribution in [0.15, 0.2) is 56.0 Å². The molecule has 0 N–H and O–H groups in total. The lowest BCUT2D eigenvalue weighted by Crippen LogP contribution is -2.13.